The van der Waals surface area contributed by atoms with Gasteiger partial charge in [0.05, 0.1) is 24.4 Å². The smallest absolute Gasteiger partial charge is 0.226 e. The maximum Gasteiger partial charge on any atom is 0.226 e. The number of carbonyl (C=O) groups is 1. The summed E-state index contributed by atoms with van der Waals surface area (Å²) >= 11 is 5.76. The second-order valence-electron chi connectivity index (χ2n) is 8.46. The zero-order valence-corrected chi connectivity index (χ0v) is 20.6. The number of hydrogen-bond acceptors (Lipinski definition) is 4. The number of pyridine rings is 1. The Labute approximate surface area is 206 Å². The van der Waals surface area contributed by atoms with Gasteiger partial charge in [-0.1, -0.05) is 24.3 Å². The molecular weight excluding hydrogens is 446 g/mol. The van der Waals surface area contributed by atoms with Gasteiger partial charge in [0.15, 0.2) is 5.11 Å². The fraction of sp³-hybridized carbons (Fsp3) is 0.346. The molecule has 8 heteroatoms. The minimum atomic E-state index is -0.109. The lowest BCUT2D eigenvalue weighted by molar-refractivity contribution is -0.116. The molecule has 0 saturated carbocycles. The van der Waals surface area contributed by atoms with Gasteiger partial charge >= 0.3 is 0 Å². The first-order valence-corrected chi connectivity index (χ1v) is 11.9. The molecule has 4 rings (SSSR count). The third-order valence-corrected chi connectivity index (χ3v) is 6.64. The summed E-state index contributed by atoms with van der Waals surface area (Å²) < 4.78 is 7.59. The first-order valence-electron chi connectivity index (χ1n) is 11.5. The van der Waals surface area contributed by atoms with Crippen LogP contribution in [0.2, 0.25) is 0 Å². The molecule has 178 valence electrons. The summed E-state index contributed by atoms with van der Waals surface area (Å²) in [6.07, 6.45) is 2.12. The van der Waals surface area contributed by atoms with E-state index in [4.69, 9.17) is 17.0 Å². The lowest BCUT2D eigenvalue weighted by Gasteiger charge is -2.28. The number of para-hydroxylation sites is 1. The predicted molar refractivity (Wildman–Crippen MR) is 138 cm³/mol. The minimum Gasteiger partial charge on any atom is -0.383 e. The van der Waals surface area contributed by atoms with Gasteiger partial charge in [0.25, 0.3) is 0 Å². The van der Waals surface area contributed by atoms with E-state index in [1.54, 1.807) is 13.3 Å². The van der Waals surface area contributed by atoms with Gasteiger partial charge < -0.3 is 24.8 Å². The number of nitrogens with one attached hydrogen (secondary N) is 2. The van der Waals surface area contributed by atoms with Crippen LogP contribution < -0.4 is 10.6 Å². The number of ether oxygens (including phenoxy) is 1. The standard InChI is InChI=1S/C26H31N5O2S/c1-18-17-21(19(2)30(18)15-16-33-3)25-24(22-11-7-8-13-27-22)29-26(34)31(25)14-12-23(32)28-20-9-5-4-6-10-20/h4-11,13,17,24-25H,12,14-16H2,1-3H3,(H,28,32)(H,29,34)/t24-,25-/m1/s1. The van der Waals surface area contributed by atoms with E-state index in [2.05, 4.69) is 45.0 Å². The van der Waals surface area contributed by atoms with Gasteiger partial charge in [-0.05, 0) is 62.0 Å². The lowest BCUT2D eigenvalue weighted by Crippen LogP contribution is -2.33. The SMILES string of the molecule is COCCn1c(C)cc([C@@H]2[C@@H](c3ccccn3)NC(=S)N2CCC(=O)Nc2ccccc2)c1C. The Hall–Kier alpha value is -3.23. The van der Waals surface area contributed by atoms with Crippen molar-refractivity contribution >= 4 is 28.9 Å². The number of amides is 1. The van der Waals surface area contributed by atoms with Gasteiger partial charge in [-0.25, -0.2) is 0 Å². The number of rotatable bonds is 9. The van der Waals surface area contributed by atoms with Crippen LogP contribution in [0.5, 0.6) is 0 Å². The Morgan fingerprint density at radius 3 is 2.62 bits per heavy atom. The highest BCUT2D eigenvalue weighted by Gasteiger charge is 2.41. The number of thiocarbonyl (C=S) groups is 1. The number of aryl methyl sites for hydroxylation is 1. The molecule has 2 aromatic heterocycles. The quantitative estimate of drug-likeness (QED) is 0.451. The molecule has 1 fully saturated rings. The van der Waals surface area contributed by atoms with E-state index in [-0.39, 0.29) is 18.0 Å². The van der Waals surface area contributed by atoms with Crippen LogP contribution in [0, 0.1) is 13.8 Å². The second kappa shape index (κ2) is 10.8. The highest BCUT2D eigenvalue weighted by Crippen LogP contribution is 2.40. The van der Waals surface area contributed by atoms with Crippen LogP contribution in [-0.2, 0) is 16.1 Å². The Kier molecular flexibility index (Phi) is 7.59. The van der Waals surface area contributed by atoms with Gasteiger partial charge in [-0.3, -0.25) is 9.78 Å². The molecule has 0 bridgehead atoms. The third-order valence-electron chi connectivity index (χ3n) is 6.29. The number of benzene rings is 1. The summed E-state index contributed by atoms with van der Waals surface area (Å²) in [6, 6.07) is 17.5. The van der Waals surface area contributed by atoms with Gasteiger partial charge in [0.1, 0.15) is 0 Å². The third kappa shape index (κ3) is 5.13. The Balaban J connectivity index is 1.61. The van der Waals surface area contributed by atoms with Crippen molar-refractivity contribution in [2.75, 3.05) is 25.6 Å². The molecule has 1 aromatic carbocycles. The molecule has 0 spiro atoms. The van der Waals surface area contributed by atoms with Crippen molar-refractivity contribution in [1.82, 2.24) is 19.8 Å². The number of methoxy groups -OCH3 is 1. The molecule has 1 aliphatic rings. The van der Waals surface area contributed by atoms with Crippen molar-refractivity contribution in [2.45, 2.75) is 38.9 Å². The maximum absolute atomic E-state index is 12.7. The highest BCUT2D eigenvalue weighted by molar-refractivity contribution is 7.80. The average Bonchev–Trinajstić information content (AvgIpc) is 3.32. The van der Waals surface area contributed by atoms with Crippen LogP contribution in [-0.4, -0.2) is 45.7 Å². The van der Waals surface area contributed by atoms with E-state index < -0.39 is 0 Å². The Bertz CT molecular complexity index is 1130. The molecule has 7 nitrogen and oxygen atoms in total. The molecule has 2 atom stereocenters. The Morgan fingerprint density at radius 2 is 1.91 bits per heavy atom. The molecule has 1 amide bonds. The summed E-state index contributed by atoms with van der Waals surface area (Å²) in [5.74, 6) is -0.0420. The zero-order valence-electron chi connectivity index (χ0n) is 19.8. The minimum absolute atomic E-state index is 0.0420. The second-order valence-corrected chi connectivity index (χ2v) is 8.84. The summed E-state index contributed by atoms with van der Waals surface area (Å²) in [7, 11) is 1.72. The molecular formula is C26H31N5O2S. The maximum atomic E-state index is 12.7. The predicted octanol–water partition coefficient (Wildman–Crippen LogP) is 4.15. The van der Waals surface area contributed by atoms with E-state index in [9.17, 15) is 4.79 Å². The van der Waals surface area contributed by atoms with Crippen molar-refractivity contribution in [3.8, 4) is 0 Å². The van der Waals surface area contributed by atoms with Crippen molar-refractivity contribution < 1.29 is 9.53 Å². The number of hydrogen-bond donors (Lipinski definition) is 2. The summed E-state index contributed by atoms with van der Waals surface area (Å²) in [5, 5.41) is 7.07. The molecule has 0 aliphatic carbocycles. The monoisotopic (exact) mass is 477 g/mol. The van der Waals surface area contributed by atoms with E-state index in [1.165, 1.54) is 17.0 Å². The summed E-state index contributed by atoms with van der Waals surface area (Å²) in [6.45, 7) is 6.17. The van der Waals surface area contributed by atoms with E-state index >= 15 is 0 Å². The average molecular weight is 478 g/mol. The van der Waals surface area contributed by atoms with Gasteiger partial charge in [-0.15, -0.1) is 0 Å². The Morgan fingerprint density at radius 1 is 1.15 bits per heavy atom. The van der Waals surface area contributed by atoms with Crippen LogP contribution in [0.3, 0.4) is 0 Å². The number of anilines is 1. The first kappa shape index (κ1) is 23.9. The topological polar surface area (TPSA) is 71.4 Å². The molecule has 34 heavy (non-hydrogen) atoms. The van der Waals surface area contributed by atoms with Crippen LogP contribution in [0.15, 0.2) is 60.8 Å². The van der Waals surface area contributed by atoms with Gasteiger partial charge in [0, 0.05) is 49.9 Å². The van der Waals surface area contributed by atoms with E-state index in [1.807, 2.05) is 48.5 Å². The number of nitrogens with zero attached hydrogens (tertiary/aromatic N) is 3. The molecule has 3 aromatic rings. The van der Waals surface area contributed by atoms with Crippen LogP contribution in [0.25, 0.3) is 0 Å². The summed E-state index contributed by atoms with van der Waals surface area (Å²) in [4.78, 5) is 19.4. The number of carbonyl (C=O) groups excluding carboxylic acids is 1. The van der Waals surface area contributed by atoms with Gasteiger partial charge in [0.2, 0.25) is 5.91 Å². The van der Waals surface area contributed by atoms with E-state index in [0.29, 0.717) is 24.7 Å². The van der Waals surface area contributed by atoms with E-state index in [0.717, 1.165) is 17.9 Å². The molecule has 3 heterocycles. The molecule has 1 aliphatic heterocycles. The van der Waals surface area contributed by atoms with Gasteiger partial charge in [-0.2, -0.15) is 0 Å². The van der Waals surface area contributed by atoms with Crippen molar-refractivity contribution in [3.05, 3.63) is 83.4 Å². The summed E-state index contributed by atoms with van der Waals surface area (Å²) in [5.41, 5.74) is 5.24. The largest absolute Gasteiger partial charge is 0.383 e. The van der Waals surface area contributed by atoms with Crippen molar-refractivity contribution in [2.24, 2.45) is 0 Å². The van der Waals surface area contributed by atoms with Crippen molar-refractivity contribution in [3.63, 3.8) is 0 Å². The first-order chi connectivity index (χ1) is 16.5. The van der Waals surface area contributed by atoms with Crippen molar-refractivity contribution in [1.29, 1.82) is 0 Å². The molecule has 0 radical (unpaired) electrons. The van der Waals surface area contributed by atoms with Crippen LogP contribution in [0.4, 0.5) is 5.69 Å². The highest BCUT2D eigenvalue weighted by atomic mass is 32.1. The normalized spacial score (nSPS) is 17.6. The fourth-order valence-electron chi connectivity index (χ4n) is 4.61. The fourth-order valence-corrected chi connectivity index (χ4v) is 4.94. The van der Waals surface area contributed by atoms with Crippen LogP contribution in [0.1, 0.15) is 41.1 Å². The number of aromatic nitrogens is 2. The molecule has 0 unspecified atom stereocenters. The molecule has 2 N–H and O–H groups in total. The van der Waals surface area contributed by atoms with Crippen LogP contribution >= 0.6 is 12.2 Å². The molecule has 1 saturated heterocycles. The lowest BCUT2D eigenvalue weighted by atomic mass is 9.96. The zero-order chi connectivity index (χ0) is 24.1.